The minimum Gasteiger partial charge on any atom is -0.461 e. The zero-order valence-corrected chi connectivity index (χ0v) is 9.21. The first kappa shape index (κ1) is 10.2. The van der Waals surface area contributed by atoms with Crippen LogP contribution in [0.15, 0.2) is 22.6 Å². The molecule has 2 heteroatoms. The largest absolute Gasteiger partial charge is 0.461 e. The van der Waals surface area contributed by atoms with E-state index in [1.165, 1.54) is 16.5 Å². The van der Waals surface area contributed by atoms with Crippen LogP contribution in [0.2, 0.25) is 0 Å². The van der Waals surface area contributed by atoms with Crippen LogP contribution in [0.4, 0.5) is 0 Å². The molecule has 0 radical (unpaired) electrons. The number of benzene rings is 1. The van der Waals surface area contributed by atoms with Crippen molar-refractivity contribution in [1.82, 2.24) is 0 Å². The summed E-state index contributed by atoms with van der Waals surface area (Å²) in [7, 11) is 0. The molecule has 1 aromatic carbocycles. The number of para-hydroxylation sites is 1. The molecule has 1 aromatic heterocycles. The van der Waals surface area contributed by atoms with Crippen LogP contribution in [0.25, 0.3) is 11.0 Å². The first-order chi connectivity index (χ1) is 7.24. The summed E-state index contributed by atoms with van der Waals surface area (Å²) in [5.41, 5.74) is 3.40. The van der Waals surface area contributed by atoms with Gasteiger partial charge in [0.25, 0.3) is 0 Å². The maximum Gasteiger partial charge on any atom is 0.137 e. The lowest BCUT2D eigenvalue weighted by atomic mass is 10.1. The summed E-state index contributed by atoms with van der Waals surface area (Å²) in [6.07, 6.45) is 1.66. The molecule has 0 aliphatic heterocycles. The van der Waals surface area contributed by atoms with Crippen molar-refractivity contribution in [3.63, 3.8) is 0 Å². The summed E-state index contributed by atoms with van der Waals surface area (Å²) in [4.78, 5) is 0. The van der Waals surface area contributed by atoms with Gasteiger partial charge in [-0.3, -0.25) is 0 Å². The zero-order valence-electron chi connectivity index (χ0n) is 9.21. The molecular weight excluding hydrogens is 188 g/mol. The fraction of sp³-hybridized carbons (Fsp3) is 0.385. The molecule has 0 unspecified atom stereocenters. The van der Waals surface area contributed by atoms with Crippen LogP contribution < -0.4 is 0 Å². The van der Waals surface area contributed by atoms with Crippen LogP contribution in [0, 0.1) is 13.8 Å². The van der Waals surface area contributed by atoms with Gasteiger partial charge in [-0.25, -0.2) is 0 Å². The molecule has 0 spiro atoms. The average Bonchev–Trinajstić information content (AvgIpc) is 2.53. The van der Waals surface area contributed by atoms with Crippen LogP contribution in [0.1, 0.15) is 23.3 Å². The minimum atomic E-state index is 0.231. The van der Waals surface area contributed by atoms with Crippen molar-refractivity contribution in [2.45, 2.75) is 26.7 Å². The lowest BCUT2D eigenvalue weighted by Crippen LogP contribution is -1.89. The maximum absolute atomic E-state index is 8.83. The van der Waals surface area contributed by atoms with Gasteiger partial charge in [-0.05, 0) is 37.8 Å². The smallest absolute Gasteiger partial charge is 0.137 e. The zero-order chi connectivity index (χ0) is 10.8. The predicted molar refractivity (Wildman–Crippen MR) is 61.1 cm³/mol. The van der Waals surface area contributed by atoms with Crippen LogP contribution in [-0.4, -0.2) is 11.7 Å². The van der Waals surface area contributed by atoms with E-state index >= 15 is 0 Å². The molecule has 0 atom stereocenters. The van der Waals surface area contributed by atoms with E-state index in [1.54, 1.807) is 0 Å². The second-order valence-electron chi connectivity index (χ2n) is 3.90. The van der Waals surface area contributed by atoms with Gasteiger partial charge in [0, 0.05) is 12.0 Å². The van der Waals surface area contributed by atoms with Gasteiger partial charge in [-0.15, -0.1) is 0 Å². The van der Waals surface area contributed by atoms with E-state index in [0.717, 1.165) is 24.2 Å². The molecule has 0 aliphatic rings. The van der Waals surface area contributed by atoms with Gasteiger partial charge in [0.2, 0.25) is 0 Å². The quantitative estimate of drug-likeness (QED) is 0.833. The van der Waals surface area contributed by atoms with Crippen molar-refractivity contribution in [1.29, 1.82) is 0 Å². The van der Waals surface area contributed by atoms with Crippen LogP contribution in [0.3, 0.4) is 0 Å². The summed E-state index contributed by atoms with van der Waals surface area (Å²) in [6.45, 7) is 4.30. The third-order valence-electron chi connectivity index (χ3n) is 2.89. The Labute approximate surface area is 89.5 Å². The van der Waals surface area contributed by atoms with Crippen LogP contribution in [-0.2, 0) is 6.42 Å². The molecule has 0 aliphatic carbocycles. The highest BCUT2D eigenvalue weighted by atomic mass is 16.3. The second-order valence-corrected chi connectivity index (χ2v) is 3.90. The van der Waals surface area contributed by atoms with E-state index in [4.69, 9.17) is 9.52 Å². The SMILES string of the molecule is Cc1oc2c(CCCO)cccc2c1C. The second kappa shape index (κ2) is 4.07. The Morgan fingerprint density at radius 2 is 2.07 bits per heavy atom. The summed E-state index contributed by atoms with van der Waals surface area (Å²) in [6, 6.07) is 6.21. The summed E-state index contributed by atoms with van der Waals surface area (Å²) >= 11 is 0. The summed E-state index contributed by atoms with van der Waals surface area (Å²) in [5, 5.41) is 10.0. The Morgan fingerprint density at radius 1 is 1.27 bits per heavy atom. The Kier molecular flexibility index (Phi) is 2.78. The lowest BCUT2D eigenvalue weighted by Gasteiger charge is -2.00. The van der Waals surface area contributed by atoms with E-state index in [0.29, 0.717) is 0 Å². The number of fused-ring (bicyclic) bond motifs is 1. The Morgan fingerprint density at radius 3 is 2.80 bits per heavy atom. The average molecular weight is 204 g/mol. The summed E-state index contributed by atoms with van der Waals surface area (Å²) < 4.78 is 5.75. The van der Waals surface area contributed by atoms with Crippen LogP contribution in [0.5, 0.6) is 0 Å². The molecule has 0 fully saturated rings. The molecule has 0 saturated heterocycles. The van der Waals surface area contributed by atoms with Crippen molar-refractivity contribution < 1.29 is 9.52 Å². The monoisotopic (exact) mass is 204 g/mol. The normalized spacial score (nSPS) is 11.1. The third-order valence-corrected chi connectivity index (χ3v) is 2.89. The number of aliphatic hydroxyl groups is 1. The number of rotatable bonds is 3. The van der Waals surface area contributed by atoms with Gasteiger partial charge < -0.3 is 9.52 Å². The number of aliphatic hydroxyl groups excluding tert-OH is 1. The highest BCUT2D eigenvalue weighted by Gasteiger charge is 2.09. The lowest BCUT2D eigenvalue weighted by molar-refractivity contribution is 0.288. The molecule has 0 bridgehead atoms. The van der Waals surface area contributed by atoms with E-state index in [1.807, 2.05) is 6.92 Å². The van der Waals surface area contributed by atoms with Crippen molar-refractivity contribution in [2.24, 2.45) is 0 Å². The summed E-state index contributed by atoms with van der Waals surface area (Å²) in [5.74, 6) is 0.987. The molecule has 0 saturated carbocycles. The van der Waals surface area contributed by atoms with Crippen molar-refractivity contribution in [2.75, 3.05) is 6.61 Å². The van der Waals surface area contributed by atoms with Crippen LogP contribution >= 0.6 is 0 Å². The highest BCUT2D eigenvalue weighted by Crippen LogP contribution is 2.27. The van der Waals surface area contributed by atoms with Crippen molar-refractivity contribution in [3.05, 3.63) is 35.1 Å². The van der Waals surface area contributed by atoms with Crippen molar-refractivity contribution in [3.8, 4) is 0 Å². The first-order valence-corrected chi connectivity index (χ1v) is 5.32. The predicted octanol–water partition coefficient (Wildman–Crippen LogP) is 2.97. The Bertz CT molecular complexity index is 469. The van der Waals surface area contributed by atoms with E-state index in [9.17, 15) is 0 Å². The van der Waals surface area contributed by atoms with E-state index in [-0.39, 0.29) is 6.61 Å². The fourth-order valence-electron chi connectivity index (χ4n) is 1.89. The number of aryl methyl sites for hydroxylation is 3. The number of hydrogen-bond donors (Lipinski definition) is 1. The third kappa shape index (κ3) is 1.77. The maximum atomic E-state index is 8.83. The number of furan rings is 1. The Hall–Kier alpha value is -1.28. The van der Waals surface area contributed by atoms with Gasteiger partial charge >= 0.3 is 0 Å². The molecule has 1 heterocycles. The molecule has 1 N–H and O–H groups in total. The number of hydrogen-bond acceptors (Lipinski definition) is 2. The van der Waals surface area contributed by atoms with Gasteiger partial charge in [0.05, 0.1) is 0 Å². The Balaban J connectivity index is 2.51. The fourth-order valence-corrected chi connectivity index (χ4v) is 1.89. The molecule has 15 heavy (non-hydrogen) atoms. The highest BCUT2D eigenvalue weighted by molar-refractivity contribution is 5.84. The molecule has 0 amide bonds. The minimum absolute atomic E-state index is 0.231. The van der Waals surface area contributed by atoms with Gasteiger partial charge in [-0.2, -0.15) is 0 Å². The van der Waals surface area contributed by atoms with Gasteiger partial charge in [0.15, 0.2) is 0 Å². The standard InChI is InChI=1S/C13H16O2/c1-9-10(2)15-13-11(6-4-8-14)5-3-7-12(9)13/h3,5,7,14H,4,6,8H2,1-2H3. The molecule has 2 nitrogen and oxygen atoms in total. The van der Waals surface area contributed by atoms with Gasteiger partial charge in [0.1, 0.15) is 11.3 Å². The van der Waals surface area contributed by atoms with Crippen molar-refractivity contribution >= 4 is 11.0 Å². The molecular formula is C13H16O2. The molecule has 2 aromatic rings. The first-order valence-electron chi connectivity index (χ1n) is 5.32. The van der Waals surface area contributed by atoms with Gasteiger partial charge in [-0.1, -0.05) is 18.2 Å². The molecule has 80 valence electrons. The molecule has 2 rings (SSSR count). The van der Waals surface area contributed by atoms with E-state index < -0.39 is 0 Å². The topological polar surface area (TPSA) is 33.4 Å². The van der Waals surface area contributed by atoms with E-state index in [2.05, 4.69) is 25.1 Å².